The number of likely N-dealkylation sites (tertiary alicyclic amines) is 1. The first-order valence-corrected chi connectivity index (χ1v) is 7.11. The Kier molecular flexibility index (Phi) is 4.96. The Labute approximate surface area is 114 Å². The molecule has 1 aromatic rings. The number of nitrogens with zero attached hydrogens (tertiary/aromatic N) is 2. The number of aryl methyl sites for hydroxylation is 1. The summed E-state index contributed by atoms with van der Waals surface area (Å²) in [6, 6.07) is 1.97. The highest BCUT2D eigenvalue weighted by atomic mass is 16.5. The molecular formula is C14H23N3O2. The summed E-state index contributed by atoms with van der Waals surface area (Å²) in [6.07, 6.45) is 2.86. The van der Waals surface area contributed by atoms with Gasteiger partial charge in [-0.2, -0.15) is 0 Å². The van der Waals surface area contributed by atoms with Crippen LogP contribution in [0.25, 0.3) is 0 Å². The van der Waals surface area contributed by atoms with Crippen molar-refractivity contribution in [1.82, 2.24) is 15.4 Å². The molecule has 1 saturated heterocycles. The molecule has 1 N–H and O–H groups in total. The molecule has 1 aromatic heterocycles. The van der Waals surface area contributed by atoms with Crippen molar-refractivity contribution in [2.45, 2.75) is 39.7 Å². The van der Waals surface area contributed by atoms with Crippen molar-refractivity contribution < 1.29 is 9.32 Å². The number of nitrogens with one attached hydrogen (secondary N) is 1. The molecule has 2 heterocycles. The van der Waals surface area contributed by atoms with E-state index in [0.29, 0.717) is 0 Å². The standard InChI is InChI=1S/C14H23N3O2/c1-3-6-15-14(18)12-4-7-17(8-5-12)10-13-9-11(2)16-19-13/h9,12H,3-8,10H2,1-2H3,(H,15,18). The van der Waals surface area contributed by atoms with E-state index in [2.05, 4.69) is 22.3 Å². The van der Waals surface area contributed by atoms with Gasteiger partial charge in [0.25, 0.3) is 0 Å². The third-order valence-electron chi connectivity index (χ3n) is 3.56. The molecule has 0 saturated carbocycles. The van der Waals surface area contributed by atoms with Crippen LogP contribution in [0.4, 0.5) is 0 Å². The summed E-state index contributed by atoms with van der Waals surface area (Å²) in [5.74, 6) is 1.31. The van der Waals surface area contributed by atoms with E-state index in [4.69, 9.17) is 4.52 Å². The van der Waals surface area contributed by atoms with Crippen LogP contribution in [0.1, 0.15) is 37.6 Å². The normalized spacial score (nSPS) is 17.6. The number of rotatable bonds is 5. The number of carbonyl (C=O) groups excluding carboxylic acids is 1. The van der Waals surface area contributed by atoms with Gasteiger partial charge in [-0.3, -0.25) is 9.69 Å². The number of amides is 1. The first-order chi connectivity index (χ1) is 9.19. The second-order valence-electron chi connectivity index (χ2n) is 5.28. The van der Waals surface area contributed by atoms with Crippen molar-refractivity contribution in [3.63, 3.8) is 0 Å². The molecule has 2 rings (SSSR count). The largest absolute Gasteiger partial charge is 0.360 e. The van der Waals surface area contributed by atoms with E-state index < -0.39 is 0 Å². The molecule has 1 aliphatic rings. The van der Waals surface area contributed by atoms with Crippen LogP contribution in [0.15, 0.2) is 10.6 Å². The quantitative estimate of drug-likeness (QED) is 0.880. The SMILES string of the molecule is CCCNC(=O)C1CCN(Cc2cc(C)no2)CC1. The number of hydrogen-bond donors (Lipinski definition) is 1. The smallest absolute Gasteiger partial charge is 0.223 e. The Balaban J connectivity index is 1.74. The average molecular weight is 265 g/mol. The lowest BCUT2D eigenvalue weighted by atomic mass is 9.96. The summed E-state index contributed by atoms with van der Waals surface area (Å²) in [4.78, 5) is 14.2. The molecule has 1 aliphatic heterocycles. The minimum atomic E-state index is 0.180. The second kappa shape index (κ2) is 6.70. The Hall–Kier alpha value is -1.36. The Morgan fingerprint density at radius 1 is 1.53 bits per heavy atom. The van der Waals surface area contributed by atoms with Crippen LogP contribution in [-0.2, 0) is 11.3 Å². The van der Waals surface area contributed by atoms with Gasteiger partial charge in [0, 0.05) is 18.5 Å². The molecule has 106 valence electrons. The van der Waals surface area contributed by atoms with Gasteiger partial charge in [-0.05, 0) is 39.3 Å². The molecule has 0 atom stereocenters. The van der Waals surface area contributed by atoms with E-state index in [1.165, 1.54) is 0 Å². The van der Waals surface area contributed by atoms with Crippen LogP contribution < -0.4 is 5.32 Å². The minimum absolute atomic E-state index is 0.180. The van der Waals surface area contributed by atoms with E-state index in [-0.39, 0.29) is 11.8 Å². The first kappa shape index (κ1) is 14.1. The topological polar surface area (TPSA) is 58.4 Å². The Morgan fingerprint density at radius 2 is 2.26 bits per heavy atom. The summed E-state index contributed by atoms with van der Waals surface area (Å²) in [7, 11) is 0. The summed E-state index contributed by atoms with van der Waals surface area (Å²) in [5, 5.41) is 6.88. The molecule has 0 bridgehead atoms. The van der Waals surface area contributed by atoms with E-state index in [1.807, 2.05) is 13.0 Å². The van der Waals surface area contributed by atoms with Crippen LogP contribution in [-0.4, -0.2) is 35.6 Å². The van der Waals surface area contributed by atoms with Crippen LogP contribution in [0, 0.1) is 12.8 Å². The summed E-state index contributed by atoms with van der Waals surface area (Å²) in [5.41, 5.74) is 0.920. The third-order valence-corrected chi connectivity index (χ3v) is 3.56. The van der Waals surface area contributed by atoms with Crippen LogP contribution in [0.2, 0.25) is 0 Å². The predicted octanol–water partition coefficient (Wildman–Crippen LogP) is 1.72. The van der Waals surface area contributed by atoms with Crippen molar-refractivity contribution >= 4 is 5.91 Å². The lowest BCUT2D eigenvalue weighted by Gasteiger charge is -2.30. The molecule has 0 aromatic carbocycles. The molecule has 0 spiro atoms. The lowest BCUT2D eigenvalue weighted by molar-refractivity contribution is -0.126. The summed E-state index contributed by atoms with van der Waals surface area (Å²) < 4.78 is 5.22. The number of piperidine rings is 1. The molecule has 1 amide bonds. The van der Waals surface area contributed by atoms with Crippen LogP contribution in [0.3, 0.4) is 0 Å². The van der Waals surface area contributed by atoms with Gasteiger partial charge in [-0.25, -0.2) is 0 Å². The summed E-state index contributed by atoms with van der Waals surface area (Å²) in [6.45, 7) is 7.48. The maximum absolute atomic E-state index is 11.9. The molecule has 5 heteroatoms. The van der Waals surface area contributed by atoms with Crippen molar-refractivity contribution in [2.24, 2.45) is 5.92 Å². The van der Waals surface area contributed by atoms with Gasteiger partial charge in [0.1, 0.15) is 0 Å². The molecule has 0 aliphatic carbocycles. The molecular weight excluding hydrogens is 242 g/mol. The highest BCUT2D eigenvalue weighted by Crippen LogP contribution is 2.19. The first-order valence-electron chi connectivity index (χ1n) is 7.11. The minimum Gasteiger partial charge on any atom is -0.360 e. The molecule has 19 heavy (non-hydrogen) atoms. The fourth-order valence-electron chi connectivity index (χ4n) is 2.46. The number of hydrogen-bond acceptors (Lipinski definition) is 4. The van der Waals surface area contributed by atoms with Gasteiger partial charge in [-0.1, -0.05) is 12.1 Å². The second-order valence-corrected chi connectivity index (χ2v) is 5.28. The van der Waals surface area contributed by atoms with Gasteiger partial charge in [-0.15, -0.1) is 0 Å². The van der Waals surface area contributed by atoms with Gasteiger partial charge < -0.3 is 9.84 Å². The van der Waals surface area contributed by atoms with E-state index in [9.17, 15) is 4.79 Å². The van der Waals surface area contributed by atoms with Crippen molar-refractivity contribution in [3.8, 4) is 0 Å². The zero-order chi connectivity index (χ0) is 13.7. The molecule has 0 unspecified atom stereocenters. The molecule has 1 fully saturated rings. The fourth-order valence-corrected chi connectivity index (χ4v) is 2.46. The van der Waals surface area contributed by atoms with Crippen LogP contribution in [0.5, 0.6) is 0 Å². The Morgan fingerprint density at radius 3 is 2.84 bits per heavy atom. The maximum Gasteiger partial charge on any atom is 0.223 e. The molecule has 0 radical (unpaired) electrons. The summed E-state index contributed by atoms with van der Waals surface area (Å²) >= 11 is 0. The monoisotopic (exact) mass is 265 g/mol. The van der Waals surface area contributed by atoms with Crippen molar-refractivity contribution in [1.29, 1.82) is 0 Å². The van der Waals surface area contributed by atoms with Gasteiger partial charge in [0.2, 0.25) is 5.91 Å². The van der Waals surface area contributed by atoms with Gasteiger partial charge >= 0.3 is 0 Å². The van der Waals surface area contributed by atoms with Crippen LogP contribution >= 0.6 is 0 Å². The van der Waals surface area contributed by atoms with E-state index in [1.54, 1.807) is 0 Å². The third kappa shape index (κ3) is 4.06. The Bertz CT molecular complexity index is 409. The van der Waals surface area contributed by atoms with Crippen molar-refractivity contribution in [3.05, 3.63) is 17.5 Å². The number of carbonyl (C=O) groups is 1. The zero-order valence-corrected chi connectivity index (χ0v) is 11.8. The van der Waals surface area contributed by atoms with E-state index in [0.717, 1.165) is 56.9 Å². The lowest BCUT2D eigenvalue weighted by Crippen LogP contribution is -2.40. The molecule has 5 nitrogen and oxygen atoms in total. The fraction of sp³-hybridized carbons (Fsp3) is 0.714. The highest BCUT2D eigenvalue weighted by Gasteiger charge is 2.25. The van der Waals surface area contributed by atoms with Gasteiger partial charge in [0.05, 0.1) is 12.2 Å². The predicted molar refractivity (Wildman–Crippen MR) is 72.5 cm³/mol. The maximum atomic E-state index is 11.9. The highest BCUT2D eigenvalue weighted by molar-refractivity contribution is 5.78. The van der Waals surface area contributed by atoms with Crippen molar-refractivity contribution in [2.75, 3.05) is 19.6 Å². The average Bonchev–Trinajstić information content (AvgIpc) is 2.82. The van der Waals surface area contributed by atoms with E-state index >= 15 is 0 Å². The zero-order valence-electron chi connectivity index (χ0n) is 11.8. The van der Waals surface area contributed by atoms with Gasteiger partial charge in [0.15, 0.2) is 5.76 Å². The number of aromatic nitrogens is 1.